The highest BCUT2D eigenvalue weighted by molar-refractivity contribution is 6.32. The molecule has 0 bridgehead atoms. The first-order valence-corrected chi connectivity index (χ1v) is 9.37. The fourth-order valence-corrected chi connectivity index (χ4v) is 3.35. The van der Waals surface area contributed by atoms with Gasteiger partial charge in [-0.05, 0) is 60.0 Å². The highest BCUT2D eigenvalue weighted by Gasteiger charge is 2.20. The van der Waals surface area contributed by atoms with E-state index in [9.17, 15) is 14.4 Å². The maximum absolute atomic E-state index is 13.5. The molecule has 0 spiro atoms. The van der Waals surface area contributed by atoms with Gasteiger partial charge in [0, 0.05) is 21.4 Å². The van der Waals surface area contributed by atoms with Crippen molar-refractivity contribution in [3.63, 3.8) is 0 Å². The Kier molecular flexibility index (Phi) is 6.07. The van der Waals surface area contributed by atoms with Crippen molar-refractivity contribution in [3.05, 3.63) is 92.7 Å². The first-order chi connectivity index (χ1) is 13.8. The van der Waals surface area contributed by atoms with E-state index in [0.717, 1.165) is 11.6 Å². The van der Waals surface area contributed by atoms with Gasteiger partial charge in [-0.3, -0.25) is 4.79 Å². The first kappa shape index (κ1) is 20.7. The second-order valence-corrected chi connectivity index (χ2v) is 7.33. The van der Waals surface area contributed by atoms with Crippen LogP contribution in [-0.4, -0.2) is 5.91 Å². The number of carbonyl (C=O) groups is 1. The molecule has 1 atom stereocenters. The van der Waals surface area contributed by atoms with E-state index in [1.165, 1.54) is 12.1 Å². The minimum absolute atomic E-state index is 0.0284. The molecule has 0 aromatic heterocycles. The molecule has 1 unspecified atom stereocenters. The van der Waals surface area contributed by atoms with Crippen molar-refractivity contribution in [2.24, 2.45) is 0 Å². The molecule has 0 aliphatic rings. The highest BCUT2D eigenvalue weighted by Crippen LogP contribution is 2.34. The lowest BCUT2D eigenvalue weighted by atomic mass is 9.91. The van der Waals surface area contributed by atoms with Crippen molar-refractivity contribution in [3.8, 4) is 6.07 Å². The molecule has 0 heterocycles. The number of nitrogens with one attached hydrogen (secondary N) is 1. The maximum atomic E-state index is 13.5. The molecule has 29 heavy (non-hydrogen) atoms. The summed E-state index contributed by atoms with van der Waals surface area (Å²) in [5.74, 6) is -1.71. The van der Waals surface area contributed by atoms with E-state index in [0.29, 0.717) is 26.9 Å². The van der Waals surface area contributed by atoms with Crippen LogP contribution in [0, 0.1) is 24.1 Å². The van der Waals surface area contributed by atoms with Gasteiger partial charge in [-0.15, -0.1) is 0 Å². The van der Waals surface area contributed by atoms with Gasteiger partial charge in [-0.25, -0.2) is 4.39 Å². The lowest BCUT2D eigenvalue weighted by Crippen LogP contribution is -2.15. The molecule has 7 heteroatoms. The second-order valence-electron chi connectivity index (χ2n) is 6.49. The molecule has 3 N–H and O–H groups in total. The Morgan fingerprint density at radius 1 is 1.14 bits per heavy atom. The van der Waals surface area contributed by atoms with Gasteiger partial charge in [-0.1, -0.05) is 41.4 Å². The normalized spacial score (nSPS) is 11.6. The molecule has 0 radical (unpaired) electrons. The van der Waals surface area contributed by atoms with Gasteiger partial charge in [0.2, 0.25) is 0 Å². The van der Waals surface area contributed by atoms with Crippen LogP contribution in [-0.2, 0) is 0 Å². The van der Waals surface area contributed by atoms with Crippen molar-refractivity contribution in [2.75, 3.05) is 11.1 Å². The molecular formula is C22H16Cl2FN3O. The van der Waals surface area contributed by atoms with Gasteiger partial charge >= 0.3 is 0 Å². The molecule has 0 fully saturated rings. The Hall–Kier alpha value is -3.07. The number of amides is 1. The van der Waals surface area contributed by atoms with Gasteiger partial charge in [0.1, 0.15) is 5.82 Å². The third-order valence-electron chi connectivity index (χ3n) is 4.50. The molecule has 0 saturated carbocycles. The van der Waals surface area contributed by atoms with Gasteiger partial charge in [-0.2, -0.15) is 5.26 Å². The summed E-state index contributed by atoms with van der Waals surface area (Å²) in [5.41, 5.74) is 8.46. The van der Waals surface area contributed by atoms with E-state index in [1.54, 1.807) is 43.3 Å². The minimum atomic E-state index is -0.595. The van der Waals surface area contributed by atoms with E-state index in [2.05, 4.69) is 11.4 Å². The van der Waals surface area contributed by atoms with Crippen molar-refractivity contribution in [1.82, 2.24) is 0 Å². The van der Waals surface area contributed by atoms with Crippen LogP contribution < -0.4 is 11.1 Å². The number of nitrogens with two attached hydrogens (primary N) is 1. The third kappa shape index (κ3) is 4.51. The quantitative estimate of drug-likeness (QED) is 0.506. The van der Waals surface area contributed by atoms with Crippen molar-refractivity contribution < 1.29 is 9.18 Å². The van der Waals surface area contributed by atoms with Crippen LogP contribution in [0.2, 0.25) is 10.0 Å². The van der Waals surface area contributed by atoms with E-state index in [1.807, 2.05) is 0 Å². The zero-order valence-corrected chi connectivity index (χ0v) is 16.9. The van der Waals surface area contributed by atoms with E-state index in [-0.39, 0.29) is 11.3 Å². The van der Waals surface area contributed by atoms with Crippen LogP contribution >= 0.6 is 23.2 Å². The topological polar surface area (TPSA) is 78.9 Å². The molecule has 3 aromatic rings. The summed E-state index contributed by atoms with van der Waals surface area (Å²) < 4.78 is 13.5. The molecule has 0 saturated heterocycles. The monoisotopic (exact) mass is 427 g/mol. The van der Waals surface area contributed by atoms with E-state index in [4.69, 9.17) is 28.9 Å². The van der Waals surface area contributed by atoms with Crippen molar-refractivity contribution in [2.45, 2.75) is 12.8 Å². The van der Waals surface area contributed by atoms with Crippen LogP contribution in [0.25, 0.3) is 0 Å². The lowest BCUT2D eigenvalue weighted by molar-refractivity contribution is 0.102. The number of carbonyl (C=O) groups excluding carboxylic acids is 1. The Balaban J connectivity index is 1.93. The van der Waals surface area contributed by atoms with Crippen LogP contribution in [0.4, 0.5) is 15.8 Å². The number of nitrogen functional groups attached to an aromatic ring is 1. The lowest BCUT2D eigenvalue weighted by Gasteiger charge is -2.16. The predicted molar refractivity (Wildman–Crippen MR) is 114 cm³/mol. The fourth-order valence-electron chi connectivity index (χ4n) is 2.95. The number of benzene rings is 3. The fraction of sp³-hybridized carbons (Fsp3) is 0.0909. The van der Waals surface area contributed by atoms with Crippen molar-refractivity contribution >= 4 is 40.5 Å². The molecule has 1 amide bonds. The average Bonchev–Trinajstić information content (AvgIpc) is 2.69. The Bertz CT molecular complexity index is 1120. The van der Waals surface area contributed by atoms with Crippen LogP contribution in [0.5, 0.6) is 0 Å². The zero-order valence-electron chi connectivity index (χ0n) is 15.3. The van der Waals surface area contributed by atoms with Crippen LogP contribution in [0.15, 0.2) is 54.6 Å². The number of nitrogens with zero attached hydrogens (tertiary/aromatic N) is 1. The van der Waals surface area contributed by atoms with Crippen molar-refractivity contribution in [1.29, 1.82) is 5.26 Å². The Morgan fingerprint density at radius 3 is 2.48 bits per heavy atom. The number of hydrogen-bond donors (Lipinski definition) is 2. The van der Waals surface area contributed by atoms with E-state index < -0.39 is 17.6 Å². The molecule has 3 aromatic carbocycles. The van der Waals surface area contributed by atoms with Gasteiger partial charge in [0.05, 0.1) is 17.6 Å². The van der Waals surface area contributed by atoms with Gasteiger partial charge in [0.25, 0.3) is 5.91 Å². The summed E-state index contributed by atoms with van der Waals surface area (Å²) in [6.45, 7) is 1.78. The molecule has 146 valence electrons. The second kappa shape index (κ2) is 8.52. The summed E-state index contributed by atoms with van der Waals surface area (Å²) in [6.07, 6.45) is 0. The summed E-state index contributed by atoms with van der Waals surface area (Å²) >= 11 is 12.3. The number of nitriles is 1. The van der Waals surface area contributed by atoms with Gasteiger partial charge in [0.15, 0.2) is 0 Å². The molecule has 3 rings (SSSR count). The number of rotatable bonds is 4. The standard InChI is InChI=1S/C22H16Cl2FN3O/c1-12-8-16(18(11-26)13-2-4-14(23)5-3-13)19(24)10-21(12)28-22(29)17-9-15(25)6-7-20(17)27/h2-10,18H,27H2,1H3,(H,28,29). The van der Waals surface area contributed by atoms with E-state index >= 15 is 0 Å². The molecule has 0 aliphatic carbocycles. The molecular weight excluding hydrogens is 412 g/mol. The zero-order chi connectivity index (χ0) is 21.1. The number of anilines is 2. The summed E-state index contributed by atoms with van der Waals surface area (Å²) in [5, 5.41) is 13.3. The third-order valence-corrected chi connectivity index (χ3v) is 5.07. The molecule has 4 nitrogen and oxygen atoms in total. The SMILES string of the molecule is Cc1cc(C(C#N)c2ccc(Cl)cc2)c(Cl)cc1NC(=O)c1cc(F)ccc1N. The number of aryl methyl sites for hydroxylation is 1. The highest BCUT2D eigenvalue weighted by atomic mass is 35.5. The summed E-state index contributed by atoms with van der Waals surface area (Å²) in [7, 11) is 0. The smallest absolute Gasteiger partial charge is 0.257 e. The van der Waals surface area contributed by atoms with Gasteiger partial charge < -0.3 is 11.1 Å². The largest absolute Gasteiger partial charge is 0.398 e. The first-order valence-electron chi connectivity index (χ1n) is 8.61. The molecule has 0 aliphatic heterocycles. The average molecular weight is 428 g/mol. The predicted octanol–water partition coefficient (Wildman–Crippen LogP) is 5.93. The minimum Gasteiger partial charge on any atom is -0.398 e. The summed E-state index contributed by atoms with van der Waals surface area (Å²) in [4.78, 5) is 12.5. The summed E-state index contributed by atoms with van der Waals surface area (Å²) in [6, 6.07) is 16.1. The Labute approximate surface area is 177 Å². The number of hydrogen-bond acceptors (Lipinski definition) is 3. The number of halogens is 3. The maximum Gasteiger partial charge on any atom is 0.257 e. The Morgan fingerprint density at radius 2 is 1.83 bits per heavy atom. The van der Waals surface area contributed by atoms with Crippen LogP contribution in [0.1, 0.15) is 33.0 Å². The van der Waals surface area contributed by atoms with Crippen LogP contribution in [0.3, 0.4) is 0 Å².